The smallest absolute Gasteiger partial charge is 0.311 e. The average Bonchev–Trinajstić information content (AvgIpc) is 3.20. The number of nitriles is 1. The van der Waals surface area contributed by atoms with E-state index in [1.165, 1.54) is 5.57 Å². The molecule has 3 atom stereocenters. The molecule has 0 aromatic heterocycles. The van der Waals surface area contributed by atoms with Crippen LogP contribution in [-0.4, -0.2) is 5.97 Å². The van der Waals surface area contributed by atoms with Crippen molar-refractivity contribution in [2.75, 3.05) is 0 Å². The Morgan fingerprint density at radius 2 is 1.79 bits per heavy atom. The molecule has 0 unspecified atom stereocenters. The van der Waals surface area contributed by atoms with E-state index in [1.54, 1.807) is 18.2 Å². The lowest BCUT2D eigenvalue weighted by Gasteiger charge is -2.13. The van der Waals surface area contributed by atoms with Crippen molar-refractivity contribution in [2.24, 2.45) is 17.3 Å². The van der Waals surface area contributed by atoms with Gasteiger partial charge in [-0.3, -0.25) is 4.79 Å². The number of hydrogen-bond donors (Lipinski definition) is 0. The number of benzene rings is 2. The SMILES string of the molecule is CC(C)=C[C@H]1[C@H](C(=O)O[C@H](C#N)c2cccc(Oc3ccccc3)c2)C1(C)C. The normalized spacial score (nSPS) is 20.4. The number of rotatable bonds is 6. The molecule has 1 fully saturated rings. The van der Waals surface area contributed by atoms with Crippen LogP contribution in [0, 0.1) is 28.6 Å². The zero-order chi connectivity index (χ0) is 20.3. The first kappa shape index (κ1) is 19.7. The van der Waals surface area contributed by atoms with Gasteiger partial charge in [-0.15, -0.1) is 0 Å². The third kappa shape index (κ3) is 4.26. The summed E-state index contributed by atoms with van der Waals surface area (Å²) in [5.41, 5.74) is 1.63. The Labute approximate surface area is 166 Å². The largest absolute Gasteiger partial charge is 0.457 e. The van der Waals surface area contributed by atoms with Gasteiger partial charge in [0, 0.05) is 5.56 Å². The Kier molecular flexibility index (Phi) is 5.56. The second-order valence-corrected chi connectivity index (χ2v) is 8.00. The molecule has 0 amide bonds. The van der Waals surface area contributed by atoms with E-state index in [-0.39, 0.29) is 23.2 Å². The van der Waals surface area contributed by atoms with Crippen molar-refractivity contribution >= 4 is 5.97 Å². The van der Waals surface area contributed by atoms with Crippen LogP contribution in [0.3, 0.4) is 0 Å². The molecule has 0 heterocycles. The summed E-state index contributed by atoms with van der Waals surface area (Å²) >= 11 is 0. The van der Waals surface area contributed by atoms with Gasteiger partial charge in [0.1, 0.15) is 17.6 Å². The van der Waals surface area contributed by atoms with Crippen LogP contribution >= 0.6 is 0 Å². The molecule has 2 aromatic carbocycles. The van der Waals surface area contributed by atoms with Crippen molar-refractivity contribution in [1.82, 2.24) is 0 Å². The van der Waals surface area contributed by atoms with Gasteiger partial charge < -0.3 is 9.47 Å². The fraction of sp³-hybridized carbons (Fsp3) is 0.333. The van der Waals surface area contributed by atoms with E-state index in [0.29, 0.717) is 17.1 Å². The summed E-state index contributed by atoms with van der Waals surface area (Å²) in [6, 6.07) is 18.6. The first-order valence-electron chi connectivity index (χ1n) is 9.41. The minimum Gasteiger partial charge on any atom is -0.457 e. The topological polar surface area (TPSA) is 59.3 Å². The Morgan fingerprint density at radius 3 is 2.43 bits per heavy atom. The van der Waals surface area contributed by atoms with E-state index in [9.17, 15) is 10.1 Å². The third-order valence-electron chi connectivity index (χ3n) is 5.17. The van der Waals surface area contributed by atoms with Crippen LogP contribution in [0.15, 0.2) is 66.2 Å². The summed E-state index contributed by atoms with van der Waals surface area (Å²) in [6.07, 6.45) is 1.15. The van der Waals surface area contributed by atoms with Gasteiger partial charge in [-0.2, -0.15) is 5.26 Å². The molecule has 144 valence electrons. The maximum absolute atomic E-state index is 12.7. The monoisotopic (exact) mass is 375 g/mol. The fourth-order valence-electron chi connectivity index (χ4n) is 3.52. The predicted octanol–water partition coefficient (Wildman–Crippen LogP) is 5.83. The molecule has 0 radical (unpaired) electrons. The van der Waals surface area contributed by atoms with Crippen molar-refractivity contribution in [2.45, 2.75) is 33.8 Å². The molecule has 28 heavy (non-hydrogen) atoms. The lowest BCUT2D eigenvalue weighted by molar-refractivity contribution is -0.149. The van der Waals surface area contributed by atoms with Gasteiger partial charge in [-0.05, 0) is 49.4 Å². The van der Waals surface area contributed by atoms with Gasteiger partial charge >= 0.3 is 5.97 Å². The first-order chi connectivity index (χ1) is 13.3. The number of nitrogens with zero attached hydrogens (tertiary/aromatic N) is 1. The maximum Gasteiger partial charge on any atom is 0.311 e. The van der Waals surface area contributed by atoms with Crippen molar-refractivity contribution in [3.8, 4) is 17.6 Å². The second kappa shape index (κ2) is 7.90. The predicted molar refractivity (Wildman–Crippen MR) is 108 cm³/mol. The van der Waals surface area contributed by atoms with E-state index in [0.717, 1.165) is 0 Å². The number of esters is 1. The minimum atomic E-state index is -0.962. The Balaban J connectivity index is 1.72. The molecule has 1 saturated carbocycles. The second-order valence-electron chi connectivity index (χ2n) is 8.00. The molecule has 0 aliphatic heterocycles. The van der Waals surface area contributed by atoms with E-state index in [4.69, 9.17) is 9.47 Å². The van der Waals surface area contributed by atoms with Crippen molar-refractivity contribution < 1.29 is 14.3 Å². The van der Waals surface area contributed by atoms with Gasteiger partial charge in [0.25, 0.3) is 0 Å². The maximum atomic E-state index is 12.7. The molecule has 0 saturated heterocycles. The molecule has 0 spiro atoms. The number of allylic oxidation sites excluding steroid dienone is 2. The van der Waals surface area contributed by atoms with E-state index < -0.39 is 6.10 Å². The van der Waals surface area contributed by atoms with Gasteiger partial charge in [0.15, 0.2) is 0 Å². The highest BCUT2D eigenvalue weighted by molar-refractivity contribution is 5.78. The zero-order valence-electron chi connectivity index (χ0n) is 16.7. The highest BCUT2D eigenvalue weighted by atomic mass is 16.5. The molecule has 2 aromatic rings. The highest BCUT2D eigenvalue weighted by Crippen LogP contribution is 2.60. The fourth-order valence-corrected chi connectivity index (χ4v) is 3.52. The highest BCUT2D eigenvalue weighted by Gasteiger charge is 2.61. The molecule has 3 rings (SSSR count). The standard InChI is InChI=1S/C24H25NO3/c1-16(2)13-20-22(24(20,3)4)23(26)28-21(15-25)17-9-8-12-19(14-17)27-18-10-6-5-7-11-18/h5-14,20-22H,1-4H3/t20-,21+,22+/m0/s1. The quantitative estimate of drug-likeness (QED) is 0.471. The number of carbonyl (C=O) groups is 1. The Bertz CT molecular complexity index is 920. The third-order valence-corrected chi connectivity index (χ3v) is 5.17. The minimum absolute atomic E-state index is 0.146. The molecule has 0 N–H and O–H groups in total. The lowest BCUT2D eigenvalue weighted by Crippen LogP contribution is -2.14. The molecular formula is C24H25NO3. The van der Waals surface area contributed by atoms with Crippen LogP contribution in [0.5, 0.6) is 11.5 Å². The van der Waals surface area contributed by atoms with E-state index in [2.05, 4.69) is 26.0 Å². The van der Waals surface area contributed by atoms with E-state index in [1.807, 2.05) is 50.2 Å². The molecule has 1 aliphatic carbocycles. The van der Waals surface area contributed by atoms with Crippen LogP contribution in [0.1, 0.15) is 39.4 Å². The van der Waals surface area contributed by atoms with Crippen LogP contribution in [-0.2, 0) is 9.53 Å². The van der Waals surface area contributed by atoms with E-state index >= 15 is 0 Å². The van der Waals surface area contributed by atoms with Crippen LogP contribution in [0.4, 0.5) is 0 Å². The summed E-state index contributed by atoms with van der Waals surface area (Å²) in [7, 11) is 0. The Hall–Kier alpha value is -3.06. The van der Waals surface area contributed by atoms with Crippen LogP contribution in [0.2, 0.25) is 0 Å². The number of carbonyl (C=O) groups excluding carboxylic acids is 1. The zero-order valence-corrected chi connectivity index (χ0v) is 16.7. The summed E-state index contributed by atoms with van der Waals surface area (Å²) in [6.45, 7) is 8.15. The van der Waals surface area contributed by atoms with Gasteiger partial charge in [0.2, 0.25) is 6.10 Å². The average molecular weight is 375 g/mol. The van der Waals surface area contributed by atoms with Crippen molar-refractivity contribution in [1.29, 1.82) is 5.26 Å². The number of hydrogen-bond acceptors (Lipinski definition) is 4. The molecule has 0 bridgehead atoms. The number of ether oxygens (including phenoxy) is 2. The van der Waals surface area contributed by atoms with Crippen molar-refractivity contribution in [3.05, 3.63) is 71.8 Å². The lowest BCUT2D eigenvalue weighted by atomic mass is 10.1. The molecule has 4 nitrogen and oxygen atoms in total. The van der Waals surface area contributed by atoms with Gasteiger partial charge in [-0.25, -0.2) is 0 Å². The first-order valence-corrected chi connectivity index (χ1v) is 9.41. The summed E-state index contributed by atoms with van der Waals surface area (Å²) < 4.78 is 11.4. The summed E-state index contributed by atoms with van der Waals surface area (Å²) in [4.78, 5) is 12.7. The summed E-state index contributed by atoms with van der Waals surface area (Å²) in [5.74, 6) is 0.899. The molecular weight excluding hydrogens is 350 g/mol. The Morgan fingerprint density at radius 1 is 1.11 bits per heavy atom. The van der Waals surface area contributed by atoms with Crippen molar-refractivity contribution in [3.63, 3.8) is 0 Å². The number of para-hydroxylation sites is 1. The molecule has 1 aliphatic rings. The van der Waals surface area contributed by atoms with Crippen LogP contribution in [0.25, 0.3) is 0 Å². The van der Waals surface area contributed by atoms with Gasteiger partial charge in [-0.1, -0.05) is 55.8 Å². The van der Waals surface area contributed by atoms with Gasteiger partial charge in [0.05, 0.1) is 5.92 Å². The molecule has 4 heteroatoms. The summed E-state index contributed by atoms with van der Waals surface area (Å²) in [5, 5.41) is 9.57. The van der Waals surface area contributed by atoms with Crippen LogP contribution < -0.4 is 4.74 Å².